The number of rotatable bonds is 2. The first-order valence-corrected chi connectivity index (χ1v) is 6.28. The van der Waals surface area contributed by atoms with E-state index in [4.69, 9.17) is 4.74 Å². The van der Waals surface area contributed by atoms with Gasteiger partial charge in [-0.15, -0.1) is 0 Å². The van der Waals surface area contributed by atoms with Crippen LogP contribution in [0.4, 0.5) is 10.5 Å². The number of benzene rings is 1. The second-order valence-corrected chi connectivity index (χ2v) is 4.70. The van der Waals surface area contributed by atoms with Gasteiger partial charge in [-0.25, -0.2) is 4.79 Å². The smallest absolute Gasteiger partial charge is 0.411 e. The van der Waals surface area contributed by atoms with Crippen LogP contribution in [0.15, 0.2) is 30.3 Å². The zero-order valence-electron chi connectivity index (χ0n) is 10.2. The Morgan fingerprint density at radius 1 is 1.24 bits per heavy atom. The zero-order valence-corrected chi connectivity index (χ0v) is 10.2. The average Bonchev–Trinajstić information content (AvgIpc) is 2.33. The summed E-state index contributed by atoms with van der Waals surface area (Å²) in [6.07, 6.45) is 4.30. The fraction of sp³-hybridized carbons (Fsp3) is 0.500. The molecule has 0 radical (unpaired) electrons. The molecule has 0 heterocycles. The van der Waals surface area contributed by atoms with Gasteiger partial charge in [0.25, 0.3) is 0 Å². The van der Waals surface area contributed by atoms with E-state index in [-0.39, 0.29) is 12.2 Å². The lowest BCUT2D eigenvalue weighted by molar-refractivity contribution is 0.0524. The van der Waals surface area contributed by atoms with Gasteiger partial charge < -0.3 is 4.74 Å². The van der Waals surface area contributed by atoms with E-state index < -0.39 is 0 Å². The number of nitrogens with one attached hydrogen (secondary N) is 1. The van der Waals surface area contributed by atoms with Crippen molar-refractivity contribution in [2.45, 2.75) is 38.7 Å². The van der Waals surface area contributed by atoms with Gasteiger partial charge in [-0.1, -0.05) is 31.5 Å². The fourth-order valence-electron chi connectivity index (χ4n) is 2.26. The Balaban J connectivity index is 1.84. The molecule has 92 valence electrons. The predicted molar refractivity (Wildman–Crippen MR) is 68.0 cm³/mol. The first-order chi connectivity index (χ1) is 8.25. The van der Waals surface area contributed by atoms with Gasteiger partial charge in [0, 0.05) is 5.69 Å². The summed E-state index contributed by atoms with van der Waals surface area (Å²) in [5.74, 6) is 0.477. The monoisotopic (exact) mass is 233 g/mol. The number of para-hydroxylation sites is 1. The van der Waals surface area contributed by atoms with Gasteiger partial charge in [0.2, 0.25) is 0 Å². The molecule has 1 amide bonds. The van der Waals surface area contributed by atoms with E-state index in [0.717, 1.165) is 24.9 Å². The molecular formula is C14H19NO2. The first-order valence-electron chi connectivity index (χ1n) is 6.28. The van der Waals surface area contributed by atoms with Crippen molar-refractivity contribution in [3.63, 3.8) is 0 Å². The molecule has 3 nitrogen and oxygen atoms in total. The second kappa shape index (κ2) is 5.71. The molecule has 1 aliphatic carbocycles. The number of hydrogen-bond acceptors (Lipinski definition) is 2. The molecule has 0 aliphatic heterocycles. The third-order valence-corrected chi connectivity index (χ3v) is 3.31. The maximum absolute atomic E-state index is 11.7. The first kappa shape index (κ1) is 12.0. The highest BCUT2D eigenvalue weighted by molar-refractivity contribution is 5.84. The van der Waals surface area contributed by atoms with Crippen LogP contribution < -0.4 is 5.32 Å². The lowest BCUT2D eigenvalue weighted by Gasteiger charge is -2.28. The van der Waals surface area contributed by atoms with Crippen molar-refractivity contribution in [3.05, 3.63) is 30.3 Å². The van der Waals surface area contributed by atoms with Crippen molar-refractivity contribution >= 4 is 11.8 Å². The summed E-state index contributed by atoms with van der Waals surface area (Å²) in [5, 5.41) is 2.75. The number of ether oxygens (including phenoxy) is 1. The van der Waals surface area contributed by atoms with Gasteiger partial charge in [-0.2, -0.15) is 0 Å². The van der Waals surface area contributed by atoms with Gasteiger partial charge in [-0.3, -0.25) is 5.32 Å². The SMILES string of the molecule is C[C@H]1CCCC[C@H]1OC(=O)Nc1ccccc1. The molecule has 0 aromatic heterocycles. The molecule has 17 heavy (non-hydrogen) atoms. The molecule has 1 aromatic carbocycles. The summed E-state index contributed by atoms with van der Waals surface area (Å²) in [6, 6.07) is 9.40. The normalized spacial score (nSPS) is 24.1. The Kier molecular flexibility index (Phi) is 4.02. The third-order valence-electron chi connectivity index (χ3n) is 3.31. The molecule has 1 saturated carbocycles. The molecule has 0 spiro atoms. The largest absolute Gasteiger partial charge is 0.446 e. The van der Waals surface area contributed by atoms with Gasteiger partial charge >= 0.3 is 6.09 Å². The van der Waals surface area contributed by atoms with Crippen LogP contribution in [-0.4, -0.2) is 12.2 Å². The number of anilines is 1. The maximum Gasteiger partial charge on any atom is 0.411 e. The van der Waals surface area contributed by atoms with Crippen LogP contribution in [0.25, 0.3) is 0 Å². The Morgan fingerprint density at radius 3 is 2.65 bits per heavy atom. The van der Waals surface area contributed by atoms with Crippen molar-refractivity contribution < 1.29 is 9.53 Å². The van der Waals surface area contributed by atoms with Crippen molar-refractivity contribution in [3.8, 4) is 0 Å². The van der Waals surface area contributed by atoms with Crippen LogP contribution in [-0.2, 0) is 4.74 Å². The highest BCUT2D eigenvalue weighted by atomic mass is 16.6. The van der Waals surface area contributed by atoms with Crippen molar-refractivity contribution in [1.82, 2.24) is 0 Å². The van der Waals surface area contributed by atoms with E-state index in [0.29, 0.717) is 5.92 Å². The predicted octanol–water partition coefficient (Wildman–Crippen LogP) is 3.81. The minimum absolute atomic E-state index is 0.0764. The Hall–Kier alpha value is -1.51. The van der Waals surface area contributed by atoms with Crippen LogP contribution >= 0.6 is 0 Å². The summed E-state index contributed by atoms with van der Waals surface area (Å²) in [4.78, 5) is 11.7. The fourth-order valence-corrected chi connectivity index (χ4v) is 2.26. The molecular weight excluding hydrogens is 214 g/mol. The van der Waals surface area contributed by atoms with Crippen LogP contribution in [0.3, 0.4) is 0 Å². The highest BCUT2D eigenvalue weighted by Gasteiger charge is 2.24. The summed E-state index contributed by atoms with van der Waals surface area (Å²) in [6.45, 7) is 2.15. The molecule has 1 aromatic rings. The minimum atomic E-state index is -0.338. The molecule has 1 fully saturated rings. The molecule has 1 aliphatic rings. The quantitative estimate of drug-likeness (QED) is 0.843. The van der Waals surface area contributed by atoms with Crippen molar-refractivity contribution in [2.24, 2.45) is 5.92 Å². The Bertz CT molecular complexity index is 364. The number of amides is 1. The molecule has 0 saturated heterocycles. The molecule has 2 atom stereocenters. The van der Waals surface area contributed by atoms with E-state index in [1.165, 1.54) is 6.42 Å². The molecule has 0 bridgehead atoms. The standard InChI is InChI=1S/C14H19NO2/c1-11-7-5-6-10-13(11)17-14(16)15-12-8-3-2-4-9-12/h2-4,8-9,11,13H,5-7,10H2,1H3,(H,15,16)/t11-,13+/m0/s1. The molecule has 3 heteroatoms. The number of carbonyl (C=O) groups excluding carboxylic acids is 1. The molecule has 1 N–H and O–H groups in total. The van der Waals surface area contributed by atoms with Gasteiger partial charge in [-0.05, 0) is 37.3 Å². The number of hydrogen-bond donors (Lipinski definition) is 1. The Morgan fingerprint density at radius 2 is 1.94 bits per heavy atom. The summed E-state index contributed by atoms with van der Waals surface area (Å²) >= 11 is 0. The lowest BCUT2D eigenvalue weighted by atomic mass is 9.88. The van der Waals surface area contributed by atoms with E-state index >= 15 is 0 Å². The van der Waals surface area contributed by atoms with Crippen molar-refractivity contribution in [1.29, 1.82) is 0 Å². The van der Waals surface area contributed by atoms with Gasteiger partial charge in [0.05, 0.1) is 0 Å². The average molecular weight is 233 g/mol. The summed E-state index contributed by atoms with van der Waals surface area (Å²) < 4.78 is 5.46. The highest BCUT2D eigenvalue weighted by Crippen LogP contribution is 2.26. The molecule has 2 rings (SSSR count). The topological polar surface area (TPSA) is 38.3 Å². The third kappa shape index (κ3) is 3.48. The summed E-state index contributed by atoms with van der Waals surface area (Å²) in [7, 11) is 0. The lowest BCUT2D eigenvalue weighted by Crippen LogP contribution is -2.30. The van der Waals surface area contributed by atoms with E-state index in [2.05, 4.69) is 12.2 Å². The molecule has 0 unspecified atom stereocenters. The van der Waals surface area contributed by atoms with E-state index in [1.807, 2.05) is 30.3 Å². The maximum atomic E-state index is 11.7. The minimum Gasteiger partial charge on any atom is -0.446 e. The zero-order chi connectivity index (χ0) is 12.1. The van der Waals surface area contributed by atoms with Crippen LogP contribution in [0, 0.1) is 5.92 Å². The number of carbonyl (C=O) groups is 1. The van der Waals surface area contributed by atoms with Gasteiger partial charge in [0.15, 0.2) is 0 Å². The Labute approximate surface area is 102 Å². The summed E-state index contributed by atoms with van der Waals surface area (Å²) in [5.41, 5.74) is 0.779. The van der Waals surface area contributed by atoms with E-state index in [9.17, 15) is 4.79 Å². The van der Waals surface area contributed by atoms with Crippen LogP contribution in [0.1, 0.15) is 32.6 Å². The van der Waals surface area contributed by atoms with Crippen LogP contribution in [0.2, 0.25) is 0 Å². The van der Waals surface area contributed by atoms with Crippen LogP contribution in [0.5, 0.6) is 0 Å². The second-order valence-electron chi connectivity index (χ2n) is 4.70. The van der Waals surface area contributed by atoms with E-state index in [1.54, 1.807) is 0 Å². The van der Waals surface area contributed by atoms with Crippen molar-refractivity contribution in [2.75, 3.05) is 5.32 Å². The van der Waals surface area contributed by atoms with Gasteiger partial charge in [0.1, 0.15) is 6.10 Å².